The normalized spacial score (nSPS) is 10.7. The van der Waals surface area contributed by atoms with Crippen LogP contribution in [-0.2, 0) is 0 Å². The molecule has 15 heavy (non-hydrogen) atoms. The van der Waals surface area contributed by atoms with Crippen molar-refractivity contribution in [3.8, 4) is 5.75 Å². The second kappa shape index (κ2) is 5.65. The van der Waals surface area contributed by atoms with Crippen LogP contribution in [0.15, 0.2) is 16.6 Å². The minimum atomic E-state index is -2.55. The van der Waals surface area contributed by atoms with E-state index in [1.807, 2.05) is 0 Å². The molecular formula is C9H9Br2F2NO. The van der Waals surface area contributed by atoms with E-state index in [1.165, 1.54) is 12.1 Å². The Hall–Kier alpha value is -0.360. The fraction of sp³-hybridized carbons (Fsp3) is 0.333. The number of hydrogen-bond acceptors (Lipinski definition) is 2. The van der Waals surface area contributed by atoms with Gasteiger partial charge >= 0.3 is 0 Å². The van der Waals surface area contributed by atoms with Crippen LogP contribution in [0.2, 0.25) is 0 Å². The predicted octanol–water partition coefficient (Wildman–Crippen LogP) is 3.74. The summed E-state index contributed by atoms with van der Waals surface area (Å²) in [5.74, 6) is 0.408. The molecule has 0 aromatic heterocycles. The fourth-order valence-electron chi connectivity index (χ4n) is 1.03. The standard InChI is InChI=1S/C9H9Br2F2NO/c10-1-2-15-8-4-6(11)5(9(12)13)3-7(8)14/h3-4,9H,1-2,14H2. The lowest BCUT2D eigenvalue weighted by Crippen LogP contribution is -2.02. The molecule has 0 aliphatic rings. The van der Waals surface area contributed by atoms with Crippen molar-refractivity contribution in [1.82, 2.24) is 0 Å². The van der Waals surface area contributed by atoms with Crippen molar-refractivity contribution >= 4 is 37.5 Å². The van der Waals surface area contributed by atoms with E-state index in [0.29, 0.717) is 22.2 Å². The number of benzene rings is 1. The Morgan fingerprint density at radius 3 is 2.60 bits per heavy atom. The van der Waals surface area contributed by atoms with Gasteiger partial charge in [0.25, 0.3) is 6.43 Å². The van der Waals surface area contributed by atoms with Gasteiger partial charge in [0, 0.05) is 15.4 Å². The molecule has 2 N–H and O–H groups in total. The molecule has 0 bridgehead atoms. The van der Waals surface area contributed by atoms with Crippen LogP contribution in [0.4, 0.5) is 14.5 Å². The third-order valence-electron chi connectivity index (χ3n) is 1.70. The van der Waals surface area contributed by atoms with Crippen LogP contribution in [0.5, 0.6) is 5.75 Å². The quantitative estimate of drug-likeness (QED) is 0.667. The molecule has 0 aliphatic heterocycles. The van der Waals surface area contributed by atoms with Gasteiger partial charge in [-0.1, -0.05) is 31.9 Å². The average molecular weight is 345 g/mol. The summed E-state index contributed by atoms with van der Waals surface area (Å²) in [5, 5.41) is 0.653. The van der Waals surface area contributed by atoms with Crippen molar-refractivity contribution in [2.75, 3.05) is 17.7 Å². The number of halogens is 4. The van der Waals surface area contributed by atoms with Gasteiger partial charge in [-0.25, -0.2) is 8.78 Å². The van der Waals surface area contributed by atoms with E-state index < -0.39 is 6.43 Å². The molecule has 1 aromatic carbocycles. The van der Waals surface area contributed by atoms with Crippen molar-refractivity contribution in [2.45, 2.75) is 6.43 Å². The van der Waals surface area contributed by atoms with E-state index in [0.717, 1.165) is 0 Å². The number of hydrogen-bond donors (Lipinski definition) is 1. The second-order valence-corrected chi connectivity index (χ2v) is 4.40. The average Bonchev–Trinajstić information content (AvgIpc) is 2.18. The molecule has 1 aromatic rings. The van der Waals surface area contributed by atoms with Crippen LogP contribution in [0.1, 0.15) is 12.0 Å². The van der Waals surface area contributed by atoms with Crippen molar-refractivity contribution in [2.24, 2.45) is 0 Å². The van der Waals surface area contributed by atoms with Crippen molar-refractivity contribution in [1.29, 1.82) is 0 Å². The van der Waals surface area contributed by atoms with E-state index >= 15 is 0 Å². The molecule has 1 rings (SSSR count). The first-order valence-corrected chi connectivity index (χ1v) is 6.03. The summed E-state index contributed by atoms with van der Waals surface area (Å²) in [6.07, 6.45) is -2.55. The zero-order valence-corrected chi connectivity index (χ0v) is 10.8. The number of anilines is 1. The Morgan fingerprint density at radius 1 is 1.40 bits per heavy atom. The van der Waals surface area contributed by atoms with Gasteiger partial charge in [0.05, 0.1) is 12.3 Å². The van der Waals surface area contributed by atoms with Gasteiger partial charge in [-0.3, -0.25) is 0 Å². The van der Waals surface area contributed by atoms with Crippen molar-refractivity contribution in [3.63, 3.8) is 0 Å². The molecule has 0 heterocycles. The van der Waals surface area contributed by atoms with E-state index in [-0.39, 0.29) is 11.3 Å². The molecule has 2 nitrogen and oxygen atoms in total. The molecule has 0 fully saturated rings. The van der Waals surface area contributed by atoms with Gasteiger partial charge in [-0.15, -0.1) is 0 Å². The molecule has 0 atom stereocenters. The van der Waals surface area contributed by atoms with E-state index in [9.17, 15) is 8.78 Å². The number of nitrogens with two attached hydrogens (primary N) is 1. The number of nitrogen functional groups attached to an aromatic ring is 1. The maximum Gasteiger partial charge on any atom is 0.265 e. The summed E-state index contributed by atoms with van der Waals surface area (Å²) in [6, 6.07) is 2.68. The maximum atomic E-state index is 12.5. The lowest BCUT2D eigenvalue weighted by molar-refractivity contribution is 0.150. The van der Waals surface area contributed by atoms with Crippen LogP contribution in [0, 0.1) is 0 Å². The molecule has 0 saturated heterocycles. The molecular weight excluding hydrogens is 336 g/mol. The van der Waals surface area contributed by atoms with E-state index in [4.69, 9.17) is 10.5 Å². The van der Waals surface area contributed by atoms with Gasteiger partial charge < -0.3 is 10.5 Å². The Labute approximate surface area is 103 Å². The Balaban J connectivity index is 2.97. The van der Waals surface area contributed by atoms with Crippen LogP contribution in [0.25, 0.3) is 0 Å². The Morgan fingerprint density at radius 2 is 2.07 bits per heavy atom. The summed E-state index contributed by atoms with van der Waals surface area (Å²) in [4.78, 5) is 0. The molecule has 6 heteroatoms. The summed E-state index contributed by atoms with van der Waals surface area (Å²) in [6.45, 7) is 0.435. The molecule has 0 saturated carbocycles. The maximum absolute atomic E-state index is 12.5. The van der Waals surface area contributed by atoms with Gasteiger partial charge in [0.15, 0.2) is 0 Å². The summed E-state index contributed by atoms with van der Waals surface area (Å²) >= 11 is 6.24. The lowest BCUT2D eigenvalue weighted by Gasteiger charge is -2.11. The van der Waals surface area contributed by atoms with Crippen LogP contribution >= 0.6 is 31.9 Å². The summed E-state index contributed by atoms with van der Waals surface area (Å²) in [5.41, 5.74) is 5.67. The molecule has 0 spiro atoms. The third kappa shape index (κ3) is 3.31. The Bertz CT molecular complexity index is 347. The van der Waals surface area contributed by atoms with Crippen LogP contribution in [-0.4, -0.2) is 11.9 Å². The monoisotopic (exact) mass is 343 g/mol. The second-order valence-electron chi connectivity index (χ2n) is 2.75. The molecule has 0 aliphatic carbocycles. The number of rotatable bonds is 4. The van der Waals surface area contributed by atoms with Gasteiger partial charge in [-0.05, 0) is 12.1 Å². The minimum Gasteiger partial charge on any atom is -0.491 e. The highest BCUT2D eigenvalue weighted by Crippen LogP contribution is 2.34. The minimum absolute atomic E-state index is 0.126. The van der Waals surface area contributed by atoms with Gasteiger partial charge in [0.1, 0.15) is 5.75 Å². The largest absolute Gasteiger partial charge is 0.491 e. The first-order valence-electron chi connectivity index (χ1n) is 4.12. The first kappa shape index (κ1) is 12.7. The molecule has 84 valence electrons. The SMILES string of the molecule is Nc1cc(C(F)F)c(Br)cc1OCCBr. The summed E-state index contributed by atoms with van der Waals surface area (Å²) < 4.78 is 30.5. The molecule has 0 radical (unpaired) electrons. The summed E-state index contributed by atoms with van der Waals surface area (Å²) in [7, 11) is 0. The number of ether oxygens (including phenoxy) is 1. The smallest absolute Gasteiger partial charge is 0.265 e. The number of alkyl halides is 3. The Kier molecular flexibility index (Phi) is 4.79. The van der Waals surface area contributed by atoms with Crippen LogP contribution in [0.3, 0.4) is 0 Å². The molecule has 0 unspecified atom stereocenters. The topological polar surface area (TPSA) is 35.2 Å². The van der Waals surface area contributed by atoms with Gasteiger partial charge in [-0.2, -0.15) is 0 Å². The van der Waals surface area contributed by atoms with Crippen LogP contribution < -0.4 is 10.5 Å². The third-order valence-corrected chi connectivity index (χ3v) is 2.71. The highest BCUT2D eigenvalue weighted by molar-refractivity contribution is 9.10. The van der Waals surface area contributed by atoms with Crippen molar-refractivity contribution in [3.05, 3.63) is 22.2 Å². The zero-order chi connectivity index (χ0) is 11.4. The van der Waals surface area contributed by atoms with E-state index in [1.54, 1.807) is 0 Å². The highest BCUT2D eigenvalue weighted by atomic mass is 79.9. The zero-order valence-electron chi connectivity index (χ0n) is 7.64. The van der Waals surface area contributed by atoms with E-state index in [2.05, 4.69) is 31.9 Å². The first-order chi connectivity index (χ1) is 7.06. The lowest BCUT2D eigenvalue weighted by atomic mass is 10.2. The predicted molar refractivity (Wildman–Crippen MR) is 62.8 cm³/mol. The van der Waals surface area contributed by atoms with Crippen molar-refractivity contribution < 1.29 is 13.5 Å². The van der Waals surface area contributed by atoms with Gasteiger partial charge in [0.2, 0.25) is 0 Å². The molecule has 0 amide bonds. The fourth-order valence-corrected chi connectivity index (χ4v) is 1.69. The highest BCUT2D eigenvalue weighted by Gasteiger charge is 2.14.